The molecule has 0 aliphatic heterocycles. The molecule has 19 heavy (non-hydrogen) atoms. The maximum absolute atomic E-state index is 5.76. The van der Waals surface area contributed by atoms with Gasteiger partial charge in [-0.2, -0.15) is 0 Å². The number of anilines is 2. The highest BCUT2D eigenvalue weighted by molar-refractivity contribution is 5.80. The second-order valence-electron chi connectivity index (χ2n) is 4.38. The van der Waals surface area contributed by atoms with Crippen LogP contribution in [0.25, 0.3) is 11.2 Å². The molecule has 5 N–H and O–H groups in total. The minimum Gasteiger partial charge on any atom is -0.399 e. The summed E-state index contributed by atoms with van der Waals surface area (Å²) in [6, 6.07) is 7.84. The van der Waals surface area contributed by atoms with Gasteiger partial charge in [-0.15, -0.1) is 0 Å². The Kier molecular flexibility index (Phi) is 2.75. The molecule has 3 rings (SSSR count). The maximum Gasteiger partial charge on any atom is 0.183 e. The lowest BCUT2D eigenvalue weighted by Gasteiger charge is -1.99. The molecule has 6 heteroatoms. The van der Waals surface area contributed by atoms with Gasteiger partial charge in [-0.1, -0.05) is 12.1 Å². The third-order valence-electron chi connectivity index (χ3n) is 3.00. The number of H-pyrrole nitrogens is 1. The number of aromatic amines is 1. The van der Waals surface area contributed by atoms with Gasteiger partial charge in [0.1, 0.15) is 17.7 Å². The van der Waals surface area contributed by atoms with Gasteiger partial charge in [0.2, 0.25) is 0 Å². The van der Waals surface area contributed by atoms with Crippen LogP contribution >= 0.6 is 0 Å². The number of nitrogens with one attached hydrogen (secondary N) is 1. The van der Waals surface area contributed by atoms with E-state index in [1.807, 2.05) is 24.3 Å². The molecule has 2 aromatic heterocycles. The number of aromatic nitrogens is 4. The summed E-state index contributed by atoms with van der Waals surface area (Å²) < 4.78 is 0. The maximum atomic E-state index is 5.76. The first kappa shape index (κ1) is 11.5. The molecule has 0 unspecified atom stereocenters. The summed E-state index contributed by atoms with van der Waals surface area (Å²) in [5, 5.41) is 0. The number of hydrogen-bond donors (Lipinski definition) is 3. The van der Waals surface area contributed by atoms with Crippen molar-refractivity contribution in [1.82, 2.24) is 19.9 Å². The summed E-state index contributed by atoms with van der Waals surface area (Å²) >= 11 is 0. The summed E-state index contributed by atoms with van der Waals surface area (Å²) in [6.45, 7) is 0. The Morgan fingerprint density at radius 2 is 1.79 bits per heavy atom. The molecule has 0 atom stereocenters. The number of fused-ring (bicyclic) bond motifs is 1. The van der Waals surface area contributed by atoms with Crippen LogP contribution in [0.1, 0.15) is 11.4 Å². The number of rotatable bonds is 3. The van der Waals surface area contributed by atoms with Gasteiger partial charge in [0.15, 0.2) is 11.5 Å². The molecule has 0 fully saturated rings. The van der Waals surface area contributed by atoms with Crippen molar-refractivity contribution in [2.45, 2.75) is 12.8 Å². The van der Waals surface area contributed by atoms with E-state index in [2.05, 4.69) is 19.9 Å². The lowest BCUT2D eigenvalue weighted by molar-refractivity contribution is 0.889. The van der Waals surface area contributed by atoms with Gasteiger partial charge in [-0.05, 0) is 24.1 Å². The van der Waals surface area contributed by atoms with E-state index in [-0.39, 0.29) is 0 Å². The number of nitrogen functional groups attached to an aromatic ring is 2. The fourth-order valence-electron chi connectivity index (χ4n) is 1.96. The SMILES string of the molecule is Nc1ccc(CCc2nc3ncnc(N)c3[nH]2)cc1. The molecule has 0 saturated carbocycles. The van der Waals surface area contributed by atoms with Gasteiger partial charge in [0.25, 0.3) is 0 Å². The molecular formula is C13H14N6. The highest BCUT2D eigenvalue weighted by Gasteiger charge is 2.07. The molecule has 96 valence electrons. The first-order valence-corrected chi connectivity index (χ1v) is 6.02. The van der Waals surface area contributed by atoms with Crippen LogP contribution < -0.4 is 11.5 Å². The van der Waals surface area contributed by atoms with Crippen molar-refractivity contribution in [2.24, 2.45) is 0 Å². The lowest BCUT2D eigenvalue weighted by atomic mass is 10.1. The quantitative estimate of drug-likeness (QED) is 0.611. The normalized spacial score (nSPS) is 10.9. The van der Waals surface area contributed by atoms with E-state index in [1.54, 1.807) is 0 Å². The van der Waals surface area contributed by atoms with Crippen LogP contribution in [0.15, 0.2) is 30.6 Å². The molecular weight excluding hydrogens is 240 g/mol. The van der Waals surface area contributed by atoms with Crippen molar-refractivity contribution in [2.75, 3.05) is 11.5 Å². The van der Waals surface area contributed by atoms with Gasteiger partial charge in [0, 0.05) is 12.1 Å². The zero-order chi connectivity index (χ0) is 13.2. The summed E-state index contributed by atoms with van der Waals surface area (Å²) in [5.41, 5.74) is 14.7. The van der Waals surface area contributed by atoms with Gasteiger partial charge in [-0.25, -0.2) is 15.0 Å². The number of aryl methyl sites for hydroxylation is 2. The van der Waals surface area contributed by atoms with Crippen molar-refractivity contribution in [1.29, 1.82) is 0 Å². The van der Waals surface area contributed by atoms with Crippen LogP contribution in [0.3, 0.4) is 0 Å². The smallest absolute Gasteiger partial charge is 0.183 e. The molecule has 0 spiro atoms. The van der Waals surface area contributed by atoms with E-state index < -0.39 is 0 Å². The number of imidazole rings is 1. The second kappa shape index (κ2) is 4.56. The monoisotopic (exact) mass is 254 g/mol. The first-order chi connectivity index (χ1) is 9.22. The largest absolute Gasteiger partial charge is 0.399 e. The molecule has 0 saturated heterocycles. The van der Waals surface area contributed by atoms with Crippen molar-refractivity contribution < 1.29 is 0 Å². The van der Waals surface area contributed by atoms with E-state index in [1.165, 1.54) is 11.9 Å². The topological polar surface area (TPSA) is 106 Å². The second-order valence-corrected chi connectivity index (χ2v) is 4.38. The Balaban J connectivity index is 1.78. The van der Waals surface area contributed by atoms with E-state index in [0.29, 0.717) is 17.0 Å². The number of benzene rings is 1. The molecule has 1 aromatic carbocycles. The Labute approximate surface area is 109 Å². The fraction of sp³-hybridized carbons (Fsp3) is 0.154. The van der Waals surface area contributed by atoms with Crippen LogP contribution in [0, 0.1) is 0 Å². The van der Waals surface area contributed by atoms with Gasteiger partial charge < -0.3 is 16.5 Å². The van der Waals surface area contributed by atoms with Crippen LogP contribution in [0.4, 0.5) is 11.5 Å². The summed E-state index contributed by atoms with van der Waals surface area (Å²) in [7, 11) is 0. The minimum atomic E-state index is 0.427. The molecule has 2 heterocycles. The highest BCUT2D eigenvalue weighted by Crippen LogP contribution is 2.15. The molecule has 0 amide bonds. The fourth-order valence-corrected chi connectivity index (χ4v) is 1.96. The Hall–Kier alpha value is -2.63. The van der Waals surface area contributed by atoms with Gasteiger partial charge in [0.05, 0.1) is 0 Å². The Bertz CT molecular complexity index is 701. The van der Waals surface area contributed by atoms with Crippen LogP contribution in [-0.2, 0) is 12.8 Å². The zero-order valence-electron chi connectivity index (χ0n) is 10.3. The number of nitrogens with two attached hydrogens (primary N) is 2. The Morgan fingerprint density at radius 1 is 1.00 bits per heavy atom. The first-order valence-electron chi connectivity index (χ1n) is 6.02. The molecule has 0 aliphatic rings. The standard InChI is InChI=1S/C13H14N6/c14-9-4-1-8(2-5-9)3-6-10-18-11-12(15)16-7-17-13(11)19-10/h1-2,4-5,7H,3,6,14H2,(H3,15,16,17,18,19). The summed E-state index contributed by atoms with van der Waals surface area (Å²) in [5.74, 6) is 1.29. The van der Waals surface area contributed by atoms with Gasteiger partial charge >= 0.3 is 0 Å². The van der Waals surface area contributed by atoms with Crippen molar-refractivity contribution >= 4 is 22.7 Å². The summed E-state index contributed by atoms with van der Waals surface area (Å²) in [4.78, 5) is 15.6. The molecule has 0 bridgehead atoms. The molecule has 0 aliphatic carbocycles. The van der Waals surface area contributed by atoms with E-state index in [9.17, 15) is 0 Å². The average molecular weight is 254 g/mol. The third-order valence-corrected chi connectivity index (χ3v) is 3.00. The van der Waals surface area contributed by atoms with E-state index in [4.69, 9.17) is 11.5 Å². The predicted octanol–water partition coefficient (Wildman–Crippen LogP) is 1.30. The highest BCUT2D eigenvalue weighted by atomic mass is 15.0. The Morgan fingerprint density at radius 3 is 2.53 bits per heavy atom. The molecule has 3 aromatic rings. The van der Waals surface area contributed by atoms with E-state index in [0.717, 1.165) is 24.4 Å². The average Bonchev–Trinajstić information content (AvgIpc) is 2.83. The van der Waals surface area contributed by atoms with Crippen molar-refractivity contribution in [3.63, 3.8) is 0 Å². The van der Waals surface area contributed by atoms with Crippen LogP contribution in [0.2, 0.25) is 0 Å². The van der Waals surface area contributed by atoms with Crippen molar-refractivity contribution in [3.8, 4) is 0 Å². The minimum absolute atomic E-state index is 0.427. The lowest BCUT2D eigenvalue weighted by Crippen LogP contribution is -1.94. The van der Waals surface area contributed by atoms with E-state index >= 15 is 0 Å². The molecule has 6 nitrogen and oxygen atoms in total. The zero-order valence-corrected chi connectivity index (χ0v) is 10.3. The predicted molar refractivity (Wildman–Crippen MR) is 74.4 cm³/mol. The van der Waals surface area contributed by atoms with Gasteiger partial charge in [-0.3, -0.25) is 0 Å². The van der Waals surface area contributed by atoms with Crippen LogP contribution in [-0.4, -0.2) is 19.9 Å². The third kappa shape index (κ3) is 2.33. The number of hydrogen-bond acceptors (Lipinski definition) is 5. The summed E-state index contributed by atoms with van der Waals surface area (Å²) in [6.07, 6.45) is 3.09. The molecule has 0 radical (unpaired) electrons. The number of nitrogens with zero attached hydrogens (tertiary/aromatic N) is 3. The van der Waals surface area contributed by atoms with Crippen LogP contribution in [0.5, 0.6) is 0 Å². The van der Waals surface area contributed by atoms with Crippen molar-refractivity contribution in [3.05, 3.63) is 42.0 Å².